The molecule has 0 bridgehead atoms. The van der Waals surface area contributed by atoms with Crippen molar-refractivity contribution in [2.75, 3.05) is 14.1 Å². The molecule has 0 unspecified atom stereocenters. The molecule has 0 saturated heterocycles. The van der Waals surface area contributed by atoms with Crippen molar-refractivity contribution in [3.63, 3.8) is 0 Å². The lowest BCUT2D eigenvalue weighted by Gasteiger charge is -2.10. The molecular formula is C12H13ClN2O4S. The second-order valence-electron chi connectivity index (χ2n) is 4.39. The van der Waals surface area contributed by atoms with E-state index in [0.717, 1.165) is 4.31 Å². The van der Waals surface area contributed by atoms with Crippen molar-refractivity contribution in [1.82, 2.24) is 8.87 Å². The molecule has 0 saturated carbocycles. The van der Waals surface area contributed by atoms with E-state index in [0.29, 0.717) is 5.52 Å². The first-order valence-corrected chi connectivity index (χ1v) is 7.44. The Morgan fingerprint density at radius 2 is 2.10 bits per heavy atom. The molecule has 8 heteroatoms. The molecule has 1 aromatic carbocycles. The molecule has 2 aromatic rings. The van der Waals surface area contributed by atoms with Gasteiger partial charge in [0.15, 0.2) is 5.58 Å². The fourth-order valence-corrected chi connectivity index (χ4v) is 2.78. The Morgan fingerprint density at radius 1 is 1.45 bits per heavy atom. The first-order chi connectivity index (χ1) is 9.23. The van der Waals surface area contributed by atoms with Gasteiger partial charge in [-0.3, -0.25) is 4.57 Å². The van der Waals surface area contributed by atoms with E-state index in [4.69, 9.17) is 16.0 Å². The van der Waals surface area contributed by atoms with Gasteiger partial charge in [-0.1, -0.05) is 18.2 Å². The van der Waals surface area contributed by atoms with Crippen LogP contribution in [0.1, 0.15) is 0 Å². The minimum atomic E-state index is -3.58. The molecule has 1 aromatic heterocycles. The summed E-state index contributed by atoms with van der Waals surface area (Å²) < 4.78 is 31.4. The highest BCUT2D eigenvalue weighted by atomic mass is 35.5. The molecule has 0 atom stereocenters. The van der Waals surface area contributed by atoms with Gasteiger partial charge in [0.05, 0.1) is 17.0 Å². The highest BCUT2D eigenvalue weighted by Gasteiger charge is 2.19. The van der Waals surface area contributed by atoms with Crippen LogP contribution in [0.2, 0.25) is 0 Å². The molecule has 0 radical (unpaired) electrons. The van der Waals surface area contributed by atoms with Crippen LogP contribution in [0.25, 0.3) is 11.1 Å². The lowest BCUT2D eigenvalue weighted by atomic mass is 10.3. The molecule has 0 fully saturated rings. The number of hydrogen-bond acceptors (Lipinski definition) is 4. The quantitative estimate of drug-likeness (QED) is 0.859. The third-order valence-electron chi connectivity index (χ3n) is 2.75. The summed E-state index contributed by atoms with van der Waals surface area (Å²) in [6.45, 7) is 3.62. The number of oxazole rings is 1. The first kappa shape index (κ1) is 14.8. The molecule has 2 rings (SSSR count). The predicted molar refractivity (Wildman–Crippen MR) is 76.3 cm³/mol. The minimum Gasteiger partial charge on any atom is -0.408 e. The van der Waals surface area contributed by atoms with E-state index < -0.39 is 15.8 Å². The number of hydrogen-bond donors (Lipinski definition) is 0. The molecule has 0 aliphatic carbocycles. The van der Waals surface area contributed by atoms with Gasteiger partial charge in [-0.2, -0.15) is 0 Å². The maximum absolute atomic E-state index is 12.0. The van der Waals surface area contributed by atoms with Crippen LogP contribution in [-0.2, 0) is 16.6 Å². The van der Waals surface area contributed by atoms with E-state index in [1.807, 2.05) is 0 Å². The Hall–Kier alpha value is -1.57. The van der Waals surface area contributed by atoms with Crippen molar-refractivity contribution in [3.05, 3.63) is 40.4 Å². The van der Waals surface area contributed by atoms with Gasteiger partial charge in [0, 0.05) is 25.2 Å². The van der Waals surface area contributed by atoms with Crippen molar-refractivity contribution >= 4 is 32.7 Å². The monoisotopic (exact) mass is 316 g/mol. The summed E-state index contributed by atoms with van der Waals surface area (Å²) in [6.07, 6.45) is 0. The van der Waals surface area contributed by atoms with Crippen LogP contribution < -0.4 is 5.76 Å². The maximum Gasteiger partial charge on any atom is 0.420 e. The zero-order valence-corrected chi connectivity index (χ0v) is 12.5. The summed E-state index contributed by atoms with van der Waals surface area (Å²) in [6, 6.07) is 4.25. The fraction of sp³-hybridized carbons (Fsp3) is 0.250. The summed E-state index contributed by atoms with van der Waals surface area (Å²) >= 11 is 5.69. The van der Waals surface area contributed by atoms with Crippen LogP contribution in [-0.4, -0.2) is 31.4 Å². The zero-order valence-electron chi connectivity index (χ0n) is 11.0. The van der Waals surface area contributed by atoms with E-state index in [9.17, 15) is 13.2 Å². The average molecular weight is 317 g/mol. The van der Waals surface area contributed by atoms with Crippen LogP contribution in [0.3, 0.4) is 0 Å². The highest BCUT2D eigenvalue weighted by molar-refractivity contribution is 7.89. The van der Waals surface area contributed by atoms with Crippen molar-refractivity contribution in [1.29, 1.82) is 0 Å². The van der Waals surface area contributed by atoms with E-state index in [-0.39, 0.29) is 22.1 Å². The molecule has 0 aliphatic rings. The number of aromatic nitrogens is 1. The summed E-state index contributed by atoms with van der Waals surface area (Å²) in [5, 5.41) is 0.278. The topological polar surface area (TPSA) is 72.5 Å². The number of allylic oxidation sites excluding steroid dienone is 1. The molecule has 1 heterocycles. The normalized spacial score (nSPS) is 12.2. The molecule has 20 heavy (non-hydrogen) atoms. The van der Waals surface area contributed by atoms with Crippen molar-refractivity contribution in [2.24, 2.45) is 0 Å². The number of fused-ring (bicyclic) bond motifs is 1. The van der Waals surface area contributed by atoms with Gasteiger partial charge in [-0.15, -0.1) is 0 Å². The second kappa shape index (κ2) is 5.08. The standard InChI is InChI=1S/C12H13ClN2O4S/c1-8(13)7-15-10-5-4-9(20(17,18)14(2)3)6-11(10)19-12(15)16/h4-6H,1,7H2,2-3H3. The Bertz CT molecular complexity index is 833. The van der Waals surface area contributed by atoms with Crippen molar-refractivity contribution in [2.45, 2.75) is 11.4 Å². The van der Waals surface area contributed by atoms with Crippen molar-refractivity contribution < 1.29 is 12.8 Å². The smallest absolute Gasteiger partial charge is 0.408 e. The van der Waals surface area contributed by atoms with Crippen LogP contribution >= 0.6 is 11.6 Å². The number of sulfonamides is 1. The van der Waals surface area contributed by atoms with Gasteiger partial charge < -0.3 is 4.42 Å². The van der Waals surface area contributed by atoms with E-state index >= 15 is 0 Å². The largest absolute Gasteiger partial charge is 0.420 e. The lowest BCUT2D eigenvalue weighted by Crippen LogP contribution is -2.22. The molecule has 0 N–H and O–H groups in total. The summed E-state index contributed by atoms with van der Waals surface area (Å²) in [5.74, 6) is -0.610. The Kier molecular flexibility index (Phi) is 3.77. The SMILES string of the molecule is C=C(Cl)Cn1c(=O)oc2cc(S(=O)(=O)N(C)C)ccc21. The van der Waals surface area contributed by atoms with Gasteiger partial charge >= 0.3 is 5.76 Å². The first-order valence-electron chi connectivity index (χ1n) is 5.62. The highest BCUT2D eigenvalue weighted by Crippen LogP contribution is 2.21. The minimum absolute atomic E-state index is 0.0561. The molecular weight excluding hydrogens is 304 g/mol. The lowest BCUT2D eigenvalue weighted by molar-refractivity contribution is 0.514. The third-order valence-corrected chi connectivity index (χ3v) is 4.68. The second-order valence-corrected chi connectivity index (χ2v) is 7.07. The average Bonchev–Trinajstić information content (AvgIpc) is 2.64. The van der Waals surface area contributed by atoms with Gasteiger partial charge in [-0.25, -0.2) is 17.5 Å². The van der Waals surface area contributed by atoms with Crippen LogP contribution in [0.4, 0.5) is 0 Å². The molecule has 0 spiro atoms. The van der Waals surface area contributed by atoms with Gasteiger partial charge in [0.2, 0.25) is 10.0 Å². The Balaban J connectivity index is 2.64. The Labute approximate surface area is 120 Å². The van der Waals surface area contributed by atoms with Gasteiger partial charge in [0.1, 0.15) is 0 Å². The fourth-order valence-electron chi connectivity index (χ4n) is 1.74. The number of benzene rings is 1. The molecule has 108 valence electrons. The molecule has 0 aliphatic heterocycles. The number of nitrogens with zero attached hydrogens (tertiary/aromatic N) is 2. The van der Waals surface area contributed by atoms with Crippen LogP contribution in [0.15, 0.2) is 43.9 Å². The number of rotatable bonds is 4. The van der Waals surface area contributed by atoms with Crippen LogP contribution in [0.5, 0.6) is 0 Å². The summed E-state index contributed by atoms with van der Waals surface area (Å²) in [5.41, 5.74) is 0.658. The molecule has 0 amide bonds. The van der Waals surface area contributed by atoms with Crippen LogP contribution in [0, 0.1) is 0 Å². The summed E-state index contributed by atoms with van der Waals surface area (Å²) in [7, 11) is -0.719. The maximum atomic E-state index is 12.0. The summed E-state index contributed by atoms with van der Waals surface area (Å²) in [4.78, 5) is 11.8. The van der Waals surface area contributed by atoms with E-state index in [2.05, 4.69) is 6.58 Å². The van der Waals surface area contributed by atoms with E-state index in [1.165, 1.54) is 36.9 Å². The zero-order chi connectivity index (χ0) is 15.1. The third kappa shape index (κ3) is 2.52. The molecule has 6 nitrogen and oxygen atoms in total. The van der Waals surface area contributed by atoms with Gasteiger partial charge in [-0.05, 0) is 12.1 Å². The Morgan fingerprint density at radius 3 is 2.65 bits per heavy atom. The number of halogens is 1. The van der Waals surface area contributed by atoms with Gasteiger partial charge in [0.25, 0.3) is 0 Å². The predicted octanol–water partition coefficient (Wildman–Crippen LogP) is 1.60. The van der Waals surface area contributed by atoms with E-state index in [1.54, 1.807) is 0 Å². The van der Waals surface area contributed by atoms with Crippen molar-refractivity contribution in [3.8, 4) is 0 Å².